The van der Waals surface area contributed by atoms with Crippen LogP contribution in [0.5, 0.6) is 0 Å². The lowest BCUT2D eigenvalue weighted by molar-refractivity contribution is 0.0343. The van der Waals surface area contributed by atoms with Crippen LogP contribution < -0.4 is 0 Å². The lowest BCUT2D eigenvalue weighted by Crippen LogP contribution is -2.45. The number of halogens is 2. The van der Waals surface area contributed by atoms with Gasteiger partial charge in [0.1, 0.15) is 5.82 Å². The number of aromatic nitrogens is 1. The maximum Gasteiger partial charge on any atom is 0.128 e. The fourth-order valence-corrected chi connectivity index (χ4v) is 4.92. The summed E-state index contributed by atoms with van der Waals surface area (Å²) in [5.74, 6) is -0.311. The van der Waals surface area contributed by atoms with Crippen LogP contribution in [-0.2, 0) is 6.42 Å². The van der Waals surface area contributed by atoms with Gasteiger partial charge in [-0.05, 0) is 55.5 Å². The van der Waals surface area contributed by atoms with E-state index in [9.17, 15) is 14.6 Å². The molecule has 2 heterocycles. The van der Waals surface area contributed by atoms with Crippen LogP contribution in [0, 0.1) is 11.7 Å². The van der Waals surface area contributed by atoms with Crippen LogP contribution in [0.1, 0.15) is 41.7 Å². The van der Waals surface area contributed by atoms with Gasteiger partial charge in [-0.3, -0.25) is 4.98 Å². The van der Waals surface area contributed by atoms with Crippen molar-refractivity contribution in [3.05, 3.63) is 64.2 Å². The second kappa shape index (κ2) is 7.84. The van der Waals surface area contributed by atoms with Crippen molar-refractivity contribution in [1.29, 1.82) is 0 Å². The molecule has 6 heteroatoms. The maximum atomic E-state index is 14.2. The fraction of sp³-hybridized carbons (Fsp3) is 0.476. The Kier molecular flexibility index (Phi) is 5.46. The normalized spacial score (nSPS) is 28.7. The molecular weight excluding hydrogens is 367 g/mol. The van der Waals surface area contributed by atoms with Gasteiger partial charge in [-0.1, -0.05) is 23.7 Å². The zero-order valence-electron chi connectivity index (χ0n) is 15.1. The number of β-amino-alcohol motifs (C(OH)–C–C–N with tert-alkyl or cyclic N) is 1. The van der Waals surface area contributed by atoms with Crippen molar-refractivity contribution in [2.75, 3.05) is 19.6 Å². The van der Waals surface area contributed by atoms with Crippen LogP contribution in [-0.4, -0.2) is 45.8 Å². The Morgan fingerprint density at radius 1 is 1.22 bits per heavy atom. The first-order valence-electron chi connectivity index (χ1n) is 9.49. The first-order valence-corrected chi connectivity index (χ1v) is 9.87. The zero-order chi connectivity index (χ0) is 19.0. The number of fused-ring (bicyclic) bond motifs is 1. The third kappa shape index (κ3) is 3.87. The molecule has 27 heavy (non-hydrogen) atoms. The highest BCUT2D eigenvalue weighted by Gasteiger charge is 2.34. The van der Waals surface area contributed by atoms with Crippen LogP contribution in [0.4, 0.5) is 4.39 Å². The van der Waals surface area contributed by atoms with Crippen molar-refractivity contribution in [1.82, 2.24) is 9.88 Å². The summed E-state index contributed by atoms with van der Waals surface area (Å²) in [6, 6.07) is 8.59. The molecule has 0 amide bonds. The van der Waals surface area contributed by atoms with E-state index in [1.54, 1.807) is 18.3 Å². The Hall–Kier alpha value is -1.53. The summed E-state index contributed by atoms with van der Waals surface area (Å²) in [5.41, 5.74) is 2.33. The van der Waals surface area contributed by atoms with Crippen molar-refractivity contribution in [2.45, 2.75) is 37.4 Å². The van der Waals surface area contributed by atoms with Crippen LogP contribution in [0.3, 0.4) is 0 Å². The molecule has 2 N–H and O–H groups in total. The van der Waals surface area contributed by atoms with Crippen LogP contribution in [0.2, 0.25) is 5.02 Å². The van der Waals surface area contributed by atoms with Gasteiger partial charge >= 0.3 is 0 Å². The SMILES string of the molecule is O[C@H]1C[C@H](CN2CC[C@H](c3c(F)cccc3Cl)[C@@H](O)C2)Cc2cccnc21. The summed E-state index contributed by atoms with van der Waals surface area (Å²) in [6.45, 7) is 2.07. The molecule has 1 saturated heterocycles. The highest BCUT2D eigenvalue weighted by molar-refractivity contribution is 6.31. The lowest BCUT2D eigenvalue weighted by Gasteiger charge is -2.39. The number of pyridine rings is 1. The number of aliphatic hydroxyl groups excluding tert-OH is 2. The molecule has 1 aromatic carbocycles. The first kappa shape index (κ1) is 18.8. The largest absolute Gasteiger partial charge is 0.391 e. The van der Waals surface area contributed by atoms with Crippen LogP contribution in [0.15, 0.2) is 36.5 Å². The summed E-state index contributed by atoms with van der Waals surface area (Å²) in [6.07, 6.45) is 2.76. The molecule has 1 aromatic heterocycles. The monoisotopic (exact) mass is 390 g/mol. The van der Waals surface area contributed by atoms with E-state index in [4.69, 9.17) is 11.6 Å². The van der Waals surface area contributed by atoms with Gasteiger partial charge in [0, 0.05) is 35.8 Å². The second-order valence-electron chi connectivity index (χ2n) is 7.73. The van der Waals surface area contributed by atoms with E-state index in [0.717, 1.165) is 30.8 Å². The lowest BCUT2D eigenvalue weighted by atomic mass is 9.83. The van der Waals surface area contributed by atoms with E-state index in [2.05, 4.69) is 9.88 Å². The van der Waals surface area contributed by atoms with E-state index in [0.29, 0.717) is 35.9 Å². The number of piperidine rings is 1. The Morgan fingerprint density at radius 2 is 2.07 bits per heavy atom. The topological polar surface area (TPSA) is 56.6 Å². The number of rotatable bonds is 3. The minimum atomic E-state index is -0.657. The molecule has 0 bridgehead atoms. The predicted molar refractivity (Wildman–Crippen MR) is 102 cm³/mol. The molecule has 0 unspecified atom stereocenters. The van der Waals surface area contributed by atoms with Gasteiger partial charge in [-0.25, -0.2) is 4.39 Å². The number of hydrogen-bond donors (Lipinski definition) is 2. The summed E-state index contributed by atoms with van der Waals surface area (Å²) in [7, 11) is 0. The Balaban J connectivity index is 1.41. The minimum Gasteiger partial charge on any atom is -0.391 e. The van der Waals surface area contributed by atoms with Gasteiger partial charge in [-0.2, -0.15) is 0 Å². The van der Waals surface area contributed by atoms with Gasteiger partial charge in [0.15, 0.2) is 0 Å². The van der Waals surface area contributed by atoms with Gasteiger partial charge in [0.2, 0.25) is 0 Å². The second-order valence-corrected chi connectivity index (χ2v) is 8.13. The van der Waals surface area contributed by atoms with Crippen molar-refractivity contribution in [3.8, 4) is 0 Å². The number of hydrogen-bond acceptors (Lipinski definition) is 4. The molecule has 1 aliphatic heterocycles. The van der Waals surface area contributed by atoms with Crippen molar-refractivity contribution in [2.24, 2.45) is 5.92 Å². The minimum absolute atomic E-state index is 0.281. The van der Waals surface area contributed by atoms with Gasteiger partial charge in [-0.15, -0.1) is 0 Å². The third-order valence-electron chi connectivity index (χ3n) is 5.86. The molecule has 1 fully saturated rings. The summed E-state index contributed by atoms with van der Waals surface area (Å²) < 4.78 is 14.2. The van der Waals surface area contributed by atoms with Crippen LogP contribution >= 0.6 is 11.6 Å². The van der Waals surface area contributed by atoms with E-state index in [1.165, 1.54) is 6.07 Å². The molecule has 4 nitrogen and oxygen atoms in total. The van der Waals surface area contributed by atoms with Crippen molar-refractivity contribution >= 4 is 11.6 Å². The predicted octanol–water partition coefficient (Wildman–Crippen LogP) is 3.32. The number of aliphatic hydroxyl groups is 2. The number of likely N-dealkylation sites (tertiary alicyclic amines) is 1. The molecule has 0 saturated carbocycles. The third-order valence-corrected chi connectivity index (χ3v) is 6.19. The molecule has 4 rings (SSSR count). The summed E-state index contributed by atoms with van der Waals surface area (Å²) in [4.78, 5) is 6.52. The molecular formula is C21H24ClFN2O2. The van der Waals surface area contributed by atoms with E-state index in [1.807, 2.05) is 12.1 Å². The van der Waals surface area contributed by atoms with Crippen LogP contribution in [0.25, 0.3) is 0 Å². The first-order chi connectivity index (χ1) is 13.0. The zero-order valence-corrected chi connectivity index (χ0v) is 15.8. The Bertz CT molecular complexity index is 798. The van der Waals surface area contributed by atoms with E-state index in [-0.39, 0.29) is 11.7 Å². The Morgan fingerprint density at radius 3 is 2.85 bits per heavy atom. The highest BCUT2D eigenvalue weighted by Crippen LogP contribution is 2.36. The molecule has 1 aliphatic carbocycles. The number of benzene rings is 1. The summed E-state index contributed by atoms with van der Waals surface area (Å²) in [5, 5.41) is 21.4. The van der Waals surface area contributed by atoms with Gasteiger partial charge < -0.3 is 15.1 Å². The van der Waals surface area contributed by atoms with Crippen molar-refractivity contribution < 1.29 is 14.6 Å². The highest BCUT2D eigenvalue weighted by atomic mass is 35.5. The average Bonchev–Trinajstić information content (AvgIpc) is 2.63. The average molecular weight is 391 g/mol. The molecule has 0 radical (unpaired) electrons. The molecule has 0 spiro atoms. The quantitative estimate of drug-likeness (QED) is 0.844. The Labute approximate surface area is 163 Å². The molecule has 144 valence electrons. The van der Waals surface area contributed by atoms with Gasteiger partial charge in [0.05, 0.1) is 17.9 Å². The fourth-order valence-electron chi connectivity index (χ4n) is 4.61. The van der Waals surface area contributed by atoms with Crippen molar-refractivity contribution in [3.63, 3.8) is 0 Å². The standard InChI is InChI=1S/C21H24ClFN2O2/c22-16-4-1-5-17(23)20(16)15-6-8-25(12-19(15)27)11-13-9-14-3-2-7-24-21(14)18(26)10-13/h1-5,7,13,15,18-19,26-27H,6,8-12H2/t13-,15+,18+,19+/m1/s1. The maximum absolute atomic E-state index is 14.2. The smallest absolute Gasteiger partial charge is 0.128 e. The van der Waals surface area contributed by atoms with Gasteiger partial charge in [0.25, 0.3) is 0 Å². The van der Waals surface area contributed by atoms with E-state index < -0.39 is 12.2 Å². The number of nitrogens with zero attached hydrogens (tertiary/aromatic N) is 2. The molecule has 4 atom stereocenters. The summed E-state index contributed by atoms with van der Waals surface area (Å²) >= 11 is 6.19. The van der Waals surface area contributed by atoms with E-state index >= 15 is 0 Å². The molecule has 2 aliphatic rings. The molecule has 2 aromatic rings.